The molecular formula is C16H28O7S. The number of esters is 1. The highest BCUT2D eigenvalue weighted by atomic mass is 32.2. The molecule has 0 amide bonds. The van der Waals surface area contributed by atoms with Crippen LogP contribution in [0, 0.1) is 11.3 Å². The summed E-state index contributed by atoms with van der Waals surface area (Å²) in [5, 5.41) is 9.73. The summed E-state index contributed by atoms with van der Waals surface area (Å²) in [7, 11) is -3.87. The Bertz CT molecular complexity index is 537. The fraction of sp³-hybridized carbons (Fsp3) is 0.875. The van der Waals surface area contributed by atoms with Crippen LogP contribution in [0.25, 0.3) is 0 Å². The van der Waals surface area contributed by atoms with Crippen LogP contribution in [0.3, 0.4) is 0 Å². The first-order valence-corrected chi connectivity index (χ1v) is 10.2. The normalized spacial score (nSPS) is 20.1. The van der Waals surface area contributed by atoms with Crippen molar-refractivity contribution in [2.75, 3.05) is 12.9 Å². The second-order valence-electron chi connectivity index (χ2n) is 6.69. The zero-order valence-corrected chi connectivity index (χ0v) is 15.4. The summed E-state index contributed by atoms with van der Waals surface area (Å²) in [5.41, 5.74) is -1.99. The molecule has 0 aromatic heterocycles. The maximum Gasteiger partial charge on any atom is 0.326 e. The van der Waals surface area contributed by atoms with E-state index in [0.29, 0.717) is 6.42 Å². The van der Waals surface area contributed by atoms with E-state index in [1.807, 2.05) is 6.92 Å². The highest BCUT2D eigenvalue weighted by Crippen LogP contribution is 2.37. The fourth-order valence-corrected chi connectivity index (χ4v) is 3.32. The van der Waals surface area contributed by atoms with Gasteiger partial charge in [0.25, 0.3) is 10.1 Å². The van der Waals surface area contributed by atoms with Crippen molar-refractivity contribution in [3.63, 3.8) is 0 Å². The number of carboxylic acids is 1. The van der Waals surface area contributed by atoms with E-state index in [2.05, 4.69) is 0 Å². The Kier molecular flexibility index (Phi) is 7.66. The van der Waals surface area contributed by atoms with Crippen molar-refractivity contribution in [3.8, 4) is 0 Å². The second kappa shape index (κ2) is 8.80. The molecule has 0 aromatic rings. The predicted molar refractivity (Wildman–Crippen MR) is 87.9 cm³/mol. The summed E-state index contributed by atoms with van der Waals surface area (Å²) in [4.78, 5) is 24.5. The monoisotopic (exact) mass is 364 g/mol. The van der Waals surface area contributed by atoms with Crippen LogP contribution in [0.1, 0.15) is 58.8 Å². The summed E-state index contributed by atoms with van der Waals surface area (Å²) < 4.78 is 32.6. The van der Waals surface area contributed by atoms with Gasteiger partial charge in [0.1, 0.15) is 0 Å². The largest absolute Gasteiger partial charge is 0.480 e. The molecule has 8 heteroatoms. The molecule has 2 atom stereocenters. The standard InChI is InChI=1S/C16H28O7S/c1-4-12(2)23-15(19)16(14(17)18,11-22-24(3,20)21)10-13-8-6-5-7-9-13/h12-13H,4-11H2,1-3H3,(H,17,18). The lowest BCUT2D eigenvalue weighted by Gasteiger charge is -2.32. The van der Waals surface area contributed by atoms with Gasteiger partial charge >= 0.3 is 11.9 Å². The molecule has 0 radical (unpaired) electrons. The van der Waals surface area contributed by atoms with Gasteiger partial charge in [-0.15, -0.1) is 0 Å². The molecule has 2 unspecified atom stereocenters. The molecule has 1 rings (SSSR count). The smallest absolute Gasteiger partial charge is 0.326 e. The van der Waals surface area contributed by atoms with E-state index in [0.717, 1.165) is 38.4 Å². The molecular weight excluding hydrogens is 336 g/mol. The van der Waals surface area contributed by atoms with Crippen LogP contribution in [-0.4, -0.2) is 44.4 Å². The minimum Gasteiger partial charge on any atom is -0.480 e. The van der Waals surface area contributed by atoms with Gasteiger partial charge in [0.05, 0.1) is 19.0 Å². The molecule has 0 heterocycles. The molecule has 1 fully saturated rings. The van der Waals surface area contributed by atoms with Gasteiger partial charge in [-0.3, -0.25) is 13.8 Å². The molecule has 0 saturated heterocycles. The summed E-state index contributed by atoms with van der Waals surface area (Å²) in [6.07, 6.45) is 5.66. The van der Waals surface area contributed by atoms with Gasteiger partial charge in [-0.2, -0.15) is 8.42 Å². The quantitative estimate of drug-likeness (QED) is 0.380. The SMILES string of the molecule is CCC(C)OC(=O)C(COS(C)(=O)=O)(CC1CCCCC1)C(=O)O. The van der Waals surface area contributed by atoms with Gasteiger partial charge in [0.2, 0.25) is 0 Å². The molecule has 0 aromatic carbocycles. The van der Waals surface area contributed by atoms with Crippen molar-refractivity contribution in [1.29, 1.82) is 0 Å². The first-order chi connectivity index (χ1) is 11.1. The predicted octanol–water partition coefficient (Wildman–Crippen LogP) is 2.35. The van der Waals surface area contributed by atoms with Crippen molar-refractivity contribution in [1.82, 2.24) is 0 Å². The van der Waals surface area contributed by atoms with E-state index in [-0.39, 0.29) is 12.3 Å². The number of carbonyl (C=O) groups is 2. The number of aliphatic carboxylic acids is 1. The Balaban J connectivity index is 3.07. The van der Waals surface area contributed by atoms with E-state index >= 15 is 0 Å². The van der Waals surface area contributed by atoms with E-state index in [9.17, 15) is 23.1 Å². The highest BCUT2D eigenvalue weighted by molar-refractivity contribution is 7.85. The number of hydrogen-bond donors (Lipinski definition) is 1. The zero-order chi connectivity index (χ0) is 18.4. The van der Waals surface area contributed by atoms with Crippen LogP contribution in [0.4, 0.5) is 0 Å². The lowest BCUT2D eigenvalue weighted by molar-refractivity contribution is -0.176. The van der Waals surface area contributed by atoms with Crippen LogP contribution < -0.4 is 0 Å². The Morgan fingerprint density at radius 1 is 1.25 bits per heavy atom. The second-order valence-corrected chi connectivity index (χ2v) is 8.33. The summed E-state index contributed by atoms with van der Waals surface area (Å²) in [6, 6.07) is 0. The van der Waals surface area contributed by atoms with Crippen molar-refractivity contribution < 1.29 is 32.0 Å². The maximum atomic E-state index is 12.6. The minimum atomic E-state index is -3.87. The van der Waals surface area contributed by atoms with E-state index in [4.69, 9.17) is 8.92 Å². The third-order valence-electron chi connectivity index (χ3n) is 4.56. The van der Waals surface area contributed by atoms with Crippen LogP contribution in [0.5, 0.6) is 0 Å². The average molecular weight is 364 g/mol. The zero-order valence-electron chi connectivity index (χ0n) is 14.6. The van der Waals surface area contributed by atoms with Crippen molar-refractivity contribution in [2.45, 2.75) is 64.9 Å². The van der Waals surface area contributed by atoms with Crippen molar-refractivity contribution in [2.24, 2.45) is 11.3 Å². The molecule has 1 saturated carbocycles. The van der Waals surface area contributed by atoms with Crippen LogP contribution >= 0.6 is 0 Å². The summed E-state index contributed by atoms with van der Waals surface area (Å²) in [5.74, 6) is -2.27. The topological polar surface area (TPSA) is 107 Å². The first kappa shape index (κ1) is 20.9. The molecule has 0 aliphatic heterocycles. The number of carbonyl (C=O) groups excluding carboxylic acids is 1. The van der Waals surface area contributed by atoms with E-state index in [1.54, 1.807) is 6.92 Å². The third-order valence-corrected chi connectivity index (χ3v) is 5.11. The number of ether oxygens (including phenoxy) is 1. The molecule has 1 aliphatic rings. The molecule has 1 N–H and O–H groups in total. The Labute approximate surface area is 143 Å². The van der Waals surface area contributed by atoms with Crippen LogP contribution in [0.2, 0.25) is 0 Å². The summed E-state index contributed by atoms with van der Waals surface area (Å²) >= 11 is 0. The molecule has 0 bridgehead atoms. The van der Waals surface area contributed by atoms with Gasteiger partial charge in [-0.1, -0.05) is 39.0 Å². The van der Waals surface area contributed by atoms with Gasteiger partial charge < -0.3 is 9.84 Å². The average Bonchev–Trinajstić information content (AvgIpc) is 2.50. The summed E-state index contributed by atoms with van der Waals surface area (Å²) in [6.45, 7) is 2.75. The van der Waals surface area contributed by atoms with Gasteiger partial charge in [-0.05, 0) is 25.7 Å². The molecule has 1 aliphatic carbocycles. The Morgan fingerprint density at radius 2 is 1.83 bits per heavy atom. The lowest BCUT2D eigenvalue weighted by Crippen LogP contribution is -2.47. The molecule has 24 heavy (non-hydrogen) atoms. The maximum absolute atomic E-state index is 12.6. The highest BCUT2D eigenvalue weighted by Gasteiger charge is 2.51. The number of rotatable bonds is 9. The van der Waals surface area contributed by atoms with Crippen LogP contribution in [-0.2, 0) is 28.6 Å². The van der Waals surface area contributed by atoms with Crippen LogP contribution in [0.15, 0.2) is 0 Å². The molecule has 7 nitrogen and oxygen atoms in total. The van der Waals surface area contributed by atoms with Crippen molar-refractivity contribution in [3.05, 3.63) is 0 Å². The molecule has 0 spiro atoms. The van der Waals surface area contributed by atoms with E-state index in [1.165, 1.54) is 0 Å². The third kappa shape index (κ3) is 6.05. The number of carboxylic acid groups (broad SMARTS) is 1. The van der Waals surface area contributed by atoms with E-state index < -0.39 is 40.2 Å². The van der Waals surface area contributed by atoms with Gasteiger partial charge in [-0.25, -0.2) is 0 Å². The Hall–Kier alpha value is -1.15. The lowest BCUT2D eigenvalue weighted by atomic mass is 9.74. The van der Waals surface area contributed by atoms with Gasteiger partial charge in [0, 0.05) is 0 Å². The minimum absolute atomic E-state index is 0.0348. The van der Waals surface area contributed by atoms with Crippen molar-refractivity contribution >= 4 is 22.1 Å². The molecule has 140 valence electrons. The fourth-order valence-electron chi connectivity index (χ4n) is 2.91. The first-order valence-electron chi connectivity index (χ1n) is 8.39. The number of hydrogen-bond acceptors (Lipinski definition) is 6. The van der Waals surface area contributed by atoms with Gasteiger partial charge in [0.15, 0.2) is 5.41 Å². The Morgan fingerprint density at radius 3 is 2.29 bits per heavy atom.